The molecule has 0 aromatic rings. The highest BCUT2D eigenvalue weighted by Crippen LogP contribution is 2.27. The van der Waals surface area contributed by atoms with Gasteiger partial charge in [-0.3, -0.25) is 4.79 Å². The van der Waals surface area contributed by atoms with Crippen LogP contribution in [-0.4, -0.2) is 11.9 Å². The molecule has 1 aliphatic carbocycles. The Balaban J connectivity index is 0. The van der Waals surface area contributed by atoms with Crippen LogP contribution in [-0.2, 0) is 4.79 Å². The van der Waals surface area contributed by atoms with Crippen molar-refractivity contribution in [1.29, 1.82) is 0 Å². The molecule has 1 rings (SSSR count). The monoisotopic (exact) mass is 187 g/mol. The zero-order valence-corrected chi connectivity index (χ0v) is 9.39. The van der Waals surface area contributed by atoms with Crippen molar-refractivity contribution in [3.8, 4) is 0 Å². The molecule has 13 heavy (non-hydrogen) atoms. The molecule has 0 heterocycles. The van der Waals surface area contributed by atoms with Gasteiger partial charge in [-0.15, -0.1) is 0 Å². The van der Waals surface area contributed by atoms with Gasteiger partial charge >= 0.3 is 0 Å². The van der Waals surface area contributed by atoms with Crippen LogP contribution in [0.1, 0.15) is 54.8 Å². The minimum absolute atomic E-state index is 0. The first-order valence-electron chi connectivity index (χ1n) is 5.49. The van der Waals surface area contributed by atoms with E-state index >= 15 is 0 Å². The van der Waals surface area contributed by atoms with E-state index in [0.29, 0.717) is 6.04 Å². The second-order valence-electron chi connectivity index (χ2n) is 3.48. The summed E-state index contributed by atoms with van der Waals surface area (Å²) in [6.07, 6.45) is 4.92. The maximum absolute atomic E-state index is 10.7. The van der Waals surface area contributed by atoms with Crippen molar-refractivity contribution in [3.05, 3.63) is 0 Å². The maximum Gasteiger partial charge on any atom is 0.217 e. The predicted octanol–water partition coefficient (Wildman–Crippen LogP) is 2.97. The van der Waals surface area contributed by atoms with Gasteiger partial charge in [-0.05, 0) is 25.2 Å². The number of hydrogen-bond acceptors (Lipinski definition) is 1. The van der Waals surface area contributed by atoms with Crippen molar-refractivity contribution in [2.45, 2.75) is 59.4 Å². The zero-order valence-electron chi connectivity index (χ0n) is 9.39. The molecule has 1 amide bonds. The summed E-state index contributed by atoms with van der Waals surface area (Å²) in [4.78, 5) is 10.7. The van der Waals surface area contributed by atoms with Gasteiger partial charge in [-0.25, -0.2) is 0 Å². The Labute approximate surface area is 83.6 Å². The third-order valence-electron chi connectivity index (χ3n) is 2.53. The molecule has 0 spiro atoms. The summed E-state index contributed by atoms with van der Waals surface area (Å²) in [5.74, 6) is 0.971. The smallest absolute Gasteiger partial charge is 0.217 e. The molecule has 0 aliphatic heterocycles. The molecule has 1 fully saturated rings. The molecule has 0 bridgehead atoms. The SMILES string of the molecule is CC.CC[C@@H]1CC[C@@H](NC(C)=O)C1.[HH]. The van der Waals surface area contributed by atoms with Gasteiger partial charge in [0.25, 0.3) is 0 Å². The molecule has 2 atom stereocenters. The summed E-state index contributed by atoms with van der Waals surface area (Å²) in [6, 6.07) is 0.470. The Kier molecular flexibility index (Phi) is 6.65. The van der Waals surface area contributed by atoms with Crippen molar-refractivity contribution in [1.82, 2.24) is 5.32 Å². The molecule has 2 nitrogen and oxygen atoms in total. The third kappa shape index (κ3) is 4.91. The van der Waals surface area contributed by atoms with E-state index in [-0.39, 0.29) is 7.33 Å². The van der Waals surface area contributed by atoms with Crippen LogP contribution >= 0.6 is 0 Å². The highest BCUT2D eigenvalue weighted by molar-refractivity contribution is 5.73. The number of hydrogen-bond donors (Lipinski definition) is 1. The molecule has 1 aliphatic rings. The minimum atomic E-state index is 0. The van der Waals surface area contributed by atoms with Crippen molar-refractivity contribution in [3.63, 3.8) is 0 Å². The average molecular weight is 187 g/mol. The fourth-order valence-electron chi connectivity index (χ4n) is 1.86. The molecule has 0 unspecified atom stereocenters. The molecule has 2 heteroatoms. The van der Waals surface area contributed by atoms with Crippen LogP contribution in [0.25, 0.3) is 0 Å². The molecular weight excluding hydrogens is 162 g/mol. The standard InChI is InChI=1S/C9H17NO.C2H6.H2/c1-3-8-4-5-9(6-8)10-7(2)11;1-2;/h8-9H,3-6H2,1-2H3,(H,10,11);1-2H3;1H/t8-,9-;;/m1../s1. The fourth-order valence-corrected chi connectivity index (χ4v) is 1.86. The first-order valence-corrected chi connectivity index (χ1v) is 5.49. The first-order chi connectivity index (χ1) is 6.22. The predicted molar refractivity (Wildman–Crippen MR) is 58.7 cm³/mol. The van der Waals surface area contributed by atoms with Crippen molar-refractivity contribution < 1.29 is 6.22 Å². The van der Waals surface area contributed by atoms with Crippen LogP contribution in [0.5, 0.6) is 0 Å². The largest absolute Gasteiger partial charge is 0.354 e. The number of nitrogens with one attached hydrogen (secondary N) is 1. The van der Waals surface area contributed by atoms with Gasteiger partial charge < -0.3 is 5.32 Å². The van der Waals surface area contributed by atoms with Crippen LogP contribution in [0, 0.1) is 5.92 Å². The van der Waals surface area contributed by atoms with Crippen molar-refractivity contribution >= 4 is 5.91 Å². The lowest BCUT2D eigenvalue weighted by molar-refractivity contribution is -0.119. The Morgan fingerprint density at radius 3 is 2.46 bits per heavy atom. The zero-order chi connectivity index (χ0) is 10.3. The molecule has 0 aromatic heterocycles. The van der Waals surface area contributed by atoms with E-state index in [9.17, 15) is 4.79 Å². The van der Waals surface area contributed by atoms with E-state index in [2.05, 4.69) is 12.2 Å². The van der Waals surface area contributed by atoms with Crippen LogP contribution in [0.15, 0.2) is 0 Å². The summed E-state index contributed by atoms with van der Waals surface area (Å²) in [7, 11) is 0. The van der Waals surface area contributed by atoms with Gasteiger partial charge in [0.1, 0.15) is 0 Å². The second kappa shape index (κ2) is 6.93. The van der Waals surface area contributed by atoms with Crippen LogP contribution in [0.3, 0.4) is 0 Å². The lowest BCUT2D eigenvalue weighted by atomic mass is 10.1. The Morgan fingerprint density at radius 1 is 1.46 bits per heavy atom. The average Bonchev–Trinajstić information content (AvgIpc) is 2.55. The summed E-state index contributed by atoms with van der Waals surface area (Å²) in [5.41, 5.74) is 0. The summed E-state index contributed by atoms with van der Waals surface area (Å²) in [6.45, 7) is 7.82. The molecule has 0 radical (unpaired) electrons. The van der Waals surface area contributed by atoms with E-state index in [1.54, 1.807) is 6.92 Å². The lowest BCUT2D eigenvalue weighted by Gasteiger charge is -2.10. The van der Waals surface area contributed by atoms with E-state index in [1.165, 1.54) is 25.7 Å². The molecule has 1 saturated carbocycles. The molecular formula is C11H25NO. The normalized spacial score (nSPS) is 26.2. The lowest BCUT2D eigenvalue weighted by Crippen LogP contribution is -2.30. The number of amides is 1. The molecule has 80 valence electrons. The highest BCUT2D eigenvalue weighted by Gasteiger charge is 2.23. The van der Waals surface area contributed by atoms with Gasteiger partial charge in [0, 0.05) is 14.4 Å². The summed E-state index contributed by atoms with van der Waals surface area (Å²) in [5, 5.41) is 2.97. The maximum atomic E-state index is 10.7. The van der Waals surface area contributed by atoms with E-state index in [4.69, 9.17) is 0 Å². The van der Waals surface area contributed by atoms with Crippen LogP contribution < -0.4 is 5.32 Å². The minimum Gasteiger partial charge on any atom is -0.354 e. The van der Waals surface area contributed by atoms with Crippen molar-refractivity contribution in [2.24, 2.45) is 5.92 Å². The Bertz CT molecular complexity index is 150. The van der Waals surface area contributed by atoms with Gasteiger partial charge in [-0.1, -0.05) is 27.2 Å². The molecule has 0 saturated heterocycles. The van der Waals surface area contributed by atoms with Crippen LogP contribution in [0.2, 0.25) is 0 Å². The Hall–Kier alpha value is -0.530. The molecule has 1 N–H and O–H groups in total. The van der Waals surface area contributed by atoms with E-state index in [1.807, 2.05) is 13.8 Å². The quantitative estimate of drug-likeness (QED) is 0.707. The van der Waals surface area contributed by atoms with E-state index in [0.717, 1.165) is 5.92 Å². The summed E-state index contributed by atoms with van der Waals surface area (Å²) >= 11 is 0. The third-order valence-corrected chi connectivity index (χ3v) is 2.53. The number of carbonyl (C=O) groups is 1. The second-order valence-corrected chi connectivity index (χ2v) is 3.48. The molecule has 0 aromatic carbocycles. The van der Waals surface area contributed by atoms with Gasteiger partial charge in [0.15, 0.2) is 0 Å². The summed E-state index contributed by atoms with van der Waals surface area (Å²) < 4.78 is 0. The van der Waals surface area contributed by atoms with Crippen LogP contribution in [0.4, 0.5) is 0 Å². The fraction of sp³-hybridized carbons (Fsp3) is 0.909. The van der Waals surface area contributed by atoms with Gasteiger partial charge in [0.05, 0.1) is 0 Å². The van der Waals surface area contributed by atoms with E-state index < -0.39 is 0 Å². The van der Waals surface area contributed by atoms with Gasteiger partial charge in [-0.2, -0.15) is 0 Å². The van der Waals surface area contributed by atoms with Gasteiger partial charge in [0.2, 0.25) is 5.91 Å². The number of carbonyl (C=O) groups excluding carboxylic acids is 1. The highest BCUT2D eigenvalue weighted by atomic mass is 16.1. The Morgan fingerprint density at radius 2 is 2.08 bits per heavy atom. The first kappa shape index (κ1) is 12.5. The topological polar surface area (TPSA) is 29.1 Å². The van der Waals surface area contributed by atoms with Crippen molar-refractivity contribution in [2.75, 3.05) is 0 Å². The number of rotatable bonds is 2.